The lowest BCUT2D eigenvalue weighted by Crippen LogP contribution is -2.52. The topological polar surface area (TPSA) is 78.4 Å². The SMILES string of the molecule is O=C(Nc1ccc(CC2CCN(C(=O)CC(F)(F)F)CC2)cc1)C1CN(c2cccnn2)C1. The molecule has 4 rings (SSSR count). The third kappa shape index (κ3) is 6.21. The number of carbonyl (C=O) groups is 2. The van der Waals surface area contributed by atoms with Crippen LogP contribution in [0.25, 0.3) is 0 Å². The van der Waals surface area contributed by atoms with Gasteiger partial charge in [-0.1, -0.05) is 12.1 Å². The van der Waals surface area contributed by atoms with Crippen LogP contribution in [0.4, 0.5) is 24.7 Å². The zero-order chi connectivity index (χ0) is 23.4. The average molecular weight is 461 g/mol. The van der Waals surface area contributed by atoms with Gasteiger partial charge >= 0.3 is 6.18 Å². The van der Waals surface area contributed by atoms with Crippen molar-refractivity contribution in [2.75, 3.05) is 36.4 Å². The highest BCUT2D eigenvalue weighted by atomic mass is 19.4. The predicted molar refractivity (Wildman–Crippen MR) is 116 cm³/mol. The second-order valence-corrected chi connectivity index (χ2v) is 8.69. The summed E-state index contributed by atoms with van der Waals surface area (Å²) < 4.78 is 37.2. The molecule has 0 atom stereocenters. The highest BCUT2D eigenvalue weighted by Crippen LogP contribution is 2.27. The second-order valence-electron chi connectivity index (χ2n) is 8.69. The molecule has 2 aliphatic rings. The quantitative estimate of drug-likeness (QED) is 0.715. The minimum absolute atomic E-state index is 0.0289. The monoisotopic (exact) mass is 461 g/mol. The van der Waals surface area contributed by atoms with E-state index in [2.05, 4.69) is 15.5 Å². The standard InChI is InChI=1S/C23H26F3N5O2/c24-23(25,26)13-21(32)30-10-7-17(8-11-30)12-16-3-5-19(6-4-16)28-22(33)18-14-31(15-18)20-2-1-9-27-29-20/h1-6,9,17-18H,7-8,10-15H2,(H,28,33). The van der Waals surface area contributed by atoms with Gasteiger partial charge in [-0.05, 0) is 55.0 Å². The van der Waals surface area contributed by atoms with E-state index in [-0.39, 0.29) is 11.8 Å². The van der Waals surface area contributed by atoms with Gasteiger partial charge in [-0.2, -0.15) is 18.3 Å². The first-order valence-electron chi connectivity index (χ1n) is 11.0. The van der Waals surface area contributed by atoms with Crippen molar-refractivity contribution in [2.45, 2.75) is 31.9 Å². The lowest BCUT2D eigenvalue weighted by Gasteiger charge is -2.38. The van der Waals surface area contributed by atoms with Gasteiger partial charge in [0.05, 0.1) is 5.92 Å². The van der Waals surface area contributed by atoms with Crippen molar-refractivity contribution >= 4 is 23.3 Å². The molecule has 0 radical (unpaired) electrons. The first-order valence-corrected chi connectivity index (χ1v) is 11.0. The van der Waals surface area contributed by atoms with Gasteiger partial charge < -0.3 is 15.1 Å². The van der Waals surface area contributed by atoms with Crippen LogP contribution in [-0.4, -0.2) is 59.3 Å². The van der Waals surface area contributed by atoms with E-state index < -0.39 is 18.5 Å². The molecule has 2 aliphatic heterocycles. The fourth-order valence-electron chi connectivity index (χ4n) is 4.27. The lowest BCUT2D eigenvalue weighted by atomic mass is 9.90. The van der Waals surface area contributed by atoms with Crippen LogP contribution >= 0.6 is 0 Å². The number of hydrogen-bond acceptors (Lipinski definition) is 5. The molecule has 2 fully saturated rings. The number of carbonyl (C=O) groups excluding carboxylic acids is 2. The fraction of sp³-hybridized carbons (Fsp3) is 0.478. The third-order valence-electron chi connectivity index (χ3n) is 6.20. The molecule has 0 saturated carbocycles. The summed E-state index contributed by atoms with van der Waals surface area (Å²) in [7, 11) is 0. The molecule has 7 nitrogen and oxygen atoms in total. The highest BCUT2D eigenvalue weighted by molar-refractivity contribution is 5.94. The molecule has 0 bridgehead atoms. The van der Waals surface area contributed by atoms with Crippen molar-refractivity contribution < 1.29 is 22.8 Å². The Balaban J connectivity index is 1.19. The number of piperidine rings is 1. The van der Waals surface area contributed by atoms with Crippen LogP contribution in [0.5, 0.6) is 0 Å². The molecule has 0 unspecified atom stereocenters. The van der Waals surface area contributed by atoms with Crippen molar-refractivity contribution in [3.05, 3.63) is 48.2 Å². The molecule has 176 valence electrons. The molecule has 1 aromatic heterocycles. The number of halogens is 3. The maximum Gasteiger partial charge on any atom is 0.397 e. The van der Waals surface area contributed by atoms with Gasteiger partial charge in [0.1, 0.15) is 6.42 Å². The number of rotatable bonds is 6. The Labute approximate surface area is 190 Å². The van der Waals surface area contributed by atoms with E-state index in [1.807, 2.05) is 41.3 Å². The van der Waals surface area contributed by atoms with Crippen LogP contribution in [0.2, 0.25) is 0 Å². The van der Waals surface area contributed by atoms with Gasteiger partial charge in [-0.3, -0.25) is 9.59 Å². The smallest absolute Gasteiger partial charge is 0.353 e. The molecule has 2 saturated heterocycles. The first-order chi connectivity index (χ1) is 15.8. The van der Waals surface area contributed by atoms with Gasteiger partial charge in [0.25, 0.3) is 0 Å². The lowest BCUT2D eigenvalue weighted by molar-refractivity contribution is -0.162. The summed E-state index contributed by atoms with van der Waals surface area (Å²) in [5.74, 6) is 0.118. The minimum atomic E-state index is -4.46. The molecule has 1 aromatic carbocycles. The summed E-state index contributed by atoms with van der Waals surface area (Å²) in [5.41, 5.74) is 1.83. The number of nitrogens with zero attached hydrogens (tertiary/aromatic N) is 4. The van der Waals surface area contributed by atoms with Crippen molar-refractivity contribution in [3.63, 3.8) is 0 Å². The summed E-state index contributed by atoms with van der Waals surface area (Å²) >= 11 is 0. The van der Waals surface area contributed by atoms with Crippen molar-refractivity contribution in [1.29, 1.82) is 0 Å². The third-order valence-corrected chi connectivity index (χ3v) is 6.20. The van der Waals surface area contributed by atoms with Crippen LogP contribution < -0.4 is 10.2 Å². The number of benzene rings is 1. The van der Waals surface area contributed by atoms with E-state index in [1.54, 1.807) is 6.20 Å². The highest BCUT2D eigenvalue weighted by Gasteiger charge is 2.35. The van der Waals surface area contributed by atoms with Crippen LogP contribution in [0.15, 0.2) is 42.6 Å². The Morgan fingerprint density at radius 1 is 1.06 bits per heavy atom. The van der Waals surface area contributed by atoms with E-state index >= 15 is 0 Å². The number of aromatic nitrogens is 2. The Kier molecular flexibility index (Phi) is 6.80. The van der Waals surface area contributed by atoms with Crippen LogP contribution in [0, 0.1) is 11.8 Å². The fourth-order valence-corrected chi connectivity index (χ4v) is 4.27. The van der Waals surface area contributed by atoms with Crippen molar-refractivity contribution in [2.24, 2.45) is 11.8 Å². The van der Waals surface area contributed by atoms with Crippen molar-refractivity contribution in [3.8, 4) is 0 Å². The number of amides is 2. The second kappa shape index (κ2) is 9.76. The zero-order valence-corrected chi connectivity index (χ0v) is 18.1. The summed E-state index contributed by atoms with van der Waals surface area (Å²) in [6.45, 7) is 1.93. The number of hydrogen-bond donors (Lipinski definition) is 1. The van der Waals surface area contributed by atoms with Gasteiger partial charge in [0, 0.05) is 38.1 Å². The summed E-state index contributed by atoms with van der Waals surface area (Å²) in [6.07, 6.45) is -2.06. The van der Waals surface area contributed by atoms with E-state index in [9.17, 15) is 22.8 Å². The van der Waals surface area contributed by atoms with Crippen molar-refractivity contribution in [1.82, 2.24) is 15.1 Å². The summed E-state index contributed by atoms with van der Waals surface area (Å²) in [6, 6.07) is 11.3. The maximum absolute atomic E-state index is 12.5. The van der Waals surface area contributed by atoms with Crippen LogP contribution in [0.3, 0.4) is 0 Å². The molecule has 0 spiro atoms. The molecule has 0 aliphatic carbocycles. The van der Waals surface area contributed by atoms with E-state index in [0.717, 1.165) is 23.5 Å². The Morgan fingerprint density at radius 2 is 1.76 bits per heavy atom. The van der Waals surface area contributed by atoms with Gasteiger partial charge in [0.2, 0.25) is 11.8 Å². The Hall–Kier alpha value is -3.17. The molecule has 10 heteroatoms. The number of nitrogens with one attached hydrogen (secondary N) is 1. The number of alkyl halides is 3. The summed E-state index contributed by atoms with van der Waals surface area (Å²) in [4.78, 5) is 27.5. The van der Waals surface area contributed by atoms with Gasteiger partial charge in [-0.15, -0.1) is 5.10 Å². The Bertz CT molecular complexity index is 954. The predicted octanol–water partition coefficient (Wildman–Crippen LogP) is 3.29. The molecule has 3 heterocycles. The minimum Gasteiger partial charge on any atom is -0.353 e. The molecule has 2 amide bonds. The molecule has 2 aromatic rings. The molecule has 1 N–H and O–H groups in total. The molecular weight excluding hydrogens is 435 g/mol. The first kappa shape index (κ1) is 23.0. The van der Waals surface area contributed by atoms with E-state index in [0.29, 0.717) is 44.9 Å². The van der Waals surface area contributed by atoms with Crippen LogP contribution in [-0.2, 0) is 16.0 Å². The van der Waals surface area contributed by atoms with Gasteiger partial charge in [-0.25, -0.2) is 0 Å². The Morgan fingerprint density at radius 3 is 2.36 bits per heavy atom. The van der Waals surface area contributed by atoms with E-state index in [1.165, 1.54) is 4.90 Å². The largest absolute Gasteiger partial charge is 0.397 e. The van der Waals surface area contributed by atoms with Crippen LogP contribution in [0.1, 0.15) is 24.8 Å². The number of likely N-dealkylation sites (tertiary alicyclic amines) is 1. The number of anilines is 2. The summed E-state index contributed by atoms with van der Waals surface area (Å²) in [5, 5.41) is 10.8. The van der Waals surface area contributed by atoms with E-state index in [4.69, 9.17) is 0 Å². The zero-order valence-electron chi connectivity index (χ0n) is 18.1. The average Bonchev–Trinajstić information content (AvgIpc) is 2.74. The molecular formula is C23H26F3N5O2. The normalized spacial score (nSPS) is 17.5. The van der Waals surface area contributed by atoms with Gasteiger partial charge in [0.15, 0.2) is 5.82 Å². The molecule has 33 heavy (non-hydrogen) atoms. The maximum atomic E-state index is 12.5.